The molecular formula is C18H26O3. The van der Waals surface area contributed by atoms with Gasteiger partial charge in [-0.1, -0.05) is 26.8 Å². The molecule has 3 atom stereocenters. The Morgan fingerprint density at radius 1 is 1.29 bits per heavy atom. The van der Waals surface area contributed by atoms with Crippen molar-refractivity contribution in [3.8, 4) is 5.75 Å². The Labute approximate surface area is 127 Å². The Kier molecular flexibility index (Phi) is 4.60. The minimum Gasteiger partial charge on any atom is -0.496 e. The van der Waals surface area contributed by atoms with Crippen molar-refractivity contribution in [2.75, 3.05) is 7.11 Å². The maximum absolute atomic E-state index is 11.4. The summed E-state index contributed by atoms with van der Waals surface area (Å²) < 4.78 is 11.1. The van der Waals surface area contributed by atoms with Gasteiger partial charge >= 0.3 is 5.97 Å². The fourth-order valence-corrected chi connectivity index (χ4v) is 3.61. The first-order chi connectivity index (χ1) is 9.85. The standard InChI is InChI=1S/C18H26O3/c1-10(2)18-15-7-12(4)16(20-6)9-14(15)11(3)8-17(18)21-13(5)19/h7,9-11,17-18H,8H2,1-6H3/t11-,17+,18+/m0/s1. The summed E-state index contributed by atoms with van der Waals surface area (Å²) in [5.74, 6) is 1.80. The van der Waals surface area contributed by atoms with E-state index in [1.165, 1.54) is 18.1 Å². The molecule has 0 N–H and O–H groups in total. The summed E-state index contributed by atoms with van der Waals surface area (Å²) in [5, 5.41) is 0. The number of aryl methyl sites for hydroxylation is 1. The van der Waals surface area contributed by atoms with E-state index in [9.17, 15) is 4.79 Å². The van der Waals surface area contributed by atoms with E-state index in [1.54, 1.807) is 7.11 Å². The maximum atomic E-state index is 11.4. The Balaban J connectivity index is 2.51. The lowest BCUT2D eigenvalue weighted by Crippen LogP contribution is -2.34. The molecule has 3 nitrogen and oxygen atoms in total. The predicted octanol–water partition coefficient (Wildman–Crippen LogP) is 4.18. The Morgan fingerprint density at radius 3 is 2.48 bits per heavy atom. The second-order valence-electron chi connectivity index (χ2n) is 6.51. The first kappa shape index (κ1) is 15.9. The molecule has 116 valence electrons. The van der Waals surface area contributed by atoms with E-state index in [4.69, 9.17) is 9.47 Å². The van der Waals surface area contributed by atoms with Gasteiger partial charge < -0.3 is 9.47 Å². The van der Waals surface area contributed by atoms with Gasteiger partial charge in [0.05, 0.1) is 7.11 Å². The lowest BCUT2D eigenvalue weighted by atomic mass is 9.70. The van der Waals surface area contributed by atoms with Crippen molar-refractivity contribution in [2.45, 2.75) is 59.0 Å². The smallest absolute Gasteiger partial charge is 0.302 e. The van der Waals surface area contributed by atoms with Crippen molar-refractivity contribution in [1.29, 1.82) is 0 Å². The van der Waals surface area contributed by atoms with Crippen LogP contribution in [0.1, 0.15) is 62.6 Å². The third-order valence-corrected chi connectivity index (χ3v) is 4.51. The van der Waals surface area contributed by atoms with Crippen molar-refractivity contribution in [1.82, 2.24) is 0 Å². The SMILES string of the molecule is COc1cc2c(cc1C)[C@@H](C(C)C)[C@H](OC(C)=O)C[C@@H]2C. The van der Waals surface area contributed by atoms with Gasteiger partial charge in [0.2, 0.25) is 0 Å². The minimum absolute atomic E-state index is 0.0298. The zero-order valence-electron chi connectivity index (χ0n) is 13.9. The number of hydrogen-bond acceptors (Lipinski definition) is 3. The Bertz CT molecular complexity index is 534. The summed E-state index contributed by atoms with van der Waals surface area (Å²) in [6, 6.07) is 4.37. The van der Waals surface area contributed by atoms with Crippen LogP contribution < -0.4 is 4.74 Å². The molecule has 0 aromatic heterocycles. The monoisotopic (exact) mass is 290 g/mol. The van der Waals surface area contributed by atoms with E-state index >= 15 is 0 Å². The molecule has 0 bridgehead atoms. The molecule has 0 heterocycles. The number of methoxy groups -OCH3 is 1. The molecule has 1 aromatic rings. The third kappa shape index (κ3) is 3.07. The zero-order chi connectivity index (χ0) is 15.7. The highest BCUT2D eigenvalue weighted by Crippen LogP contribution is 2.45. The third-order valence-electron chi connectivity index (χ3n) is 4.51. The van der Waals surface area contributed by atoms with Gasteiger partial charge in [-0.2, -0.15) is 0 Å². The molecule has 0 aliphatic heterocycles. The molecule has 1 aliphatic rings. The highest BCUT2D eigenvalue weighted by molar-refractivity contribution is 5.66. The summed E-state index contributed by atoms with van der Waals surface area (Å²) in [5.41, 5.74) is 3.78. The Hall–Kier alpha value is -1.51. The number of esters is 1. The van der Waals surface area contributed by atoms with Crippen molar-refractivity contribution in [3.05, 3.63) is 28.8 Å². The van der Waals surface area contributed by atoms with Gasteiger partial charge in [0.1, 0.15) is 11.9 Å². The molecule has 1 aliphatic carbocycles. The van der Waals surface area contributed by atoms with Crippen LogP contribution in [0.15, 0.2) is 12.1 Å². The van der Waals surface area contributed by atoms with Crippen LogP contribution in [0.4, 0.5) is 0 Å². The van der Waals surface area contributed by atoms with Gasteiger partial charge in [0.25, 0.3) is 0 Å². The van der Waals surface area contributed by atoms with E-state index in [0.29, 0.717) is 11.8 Å². The number of ether oxygens (including phenoxy) is 2. The molecule has 0 saturated carbocycles. The van der Waals surface area contributed by atoms with Crippen LogP contribution in [-0.2, 0) is 9.53 Å². The molecule has 1 aromatic carbocycles. The summed E-state index contributed by atoms with van der Waals surface area (Å²) in [6.45, 7) is 10.1. The lowest BCUT2D eigenvalue weighted by molar-refractivity contribution is -0.149. The average molecular weight is 290 g/mol. The Morgan fingerprint density at radius 2 is 1.95 bits per heavy atom. The lowest BCUT2D eigenvalue weighted by Gasteiger charge is -2.39. The fourth-order valence-electron chi connectivity index (χ4n) is 3.61. The summed E-state index contributed by atoms with van der Waals surface area (Å²) in [4.78, 5) is 11.4. The van der Waals surface area contributed by atoms with Gasteiger partial charge in [-0.15, -0.1) is 0 Å². The maximum Gasteiger partial charge on any atom is 0.302 e. The normalized spacial score (nSPS) is 24.6. The van der Waals surface area contributed by atoms with E-state index in [2.05, 4.69) is 39.8 Å². The second kappa shape index (κ2) is 6.08. The molecule has 0 amide bonds. The summed E-state index contributed by atoms with van der Waals surface area (Å²) in [6.07, 6.45) is 0.847. The number of carbonyl (C=O) groups excluding carboxylic acids is 1. The molecule has 0 radical (unpaired) electrons. The molecule has 0 fully saturated rings. The molecule has 21 heavy (non-hydrogen) atoms. The number of rotatable bonds is 3. The fraction of sp³-hybridized carbons (Fsp3) is 0.611. The first-order valence-corrected chi connectivity index (χ1v) is 7.70. The molecule has 0 saturated heterocycles. The van der Waals surface area contributed by atoms with E-state index in [0.717, 1.165) is 17.7 Å². The first-order valence-electron chi connectivity index (χ1n) is 7.70. The van der Waals surface area contributed by atoms with Gasteiger partial charge in [-0.3, -0.25) is 4.79 Å². The summed E-state index contributed by atoms with van der Waals surface area (Å²) >= 11 is 0. The predicted molar refractivity (Wildman–Crippen MR) is 83.9 cm³/mol. The number of carbonyl (C=O) groups is 1. The largest absolute Gasteiger partial charge is 0.496 e. The van der Waals surface area contributed by atoms with E-state index in [-0.39, 0.29) is 18.0 Å². The van der Waals surface area contributed by atoms with Gasteiger partial charge in [0.15, 0.2) is 0 Å². The van der Waals surface area contributed by atoms with Crippen molar-refractivity contribution in [2.24, 2.45) is 5.92 Å². The van der Waals surface area contributed by atoms with Crippen molar-refractivity contribution in [3.63, 3.8) is 0 Å². The van der Waals surface area contributed by atoms with E-state index in [1.807, 2.05) is 0 Å². The van der Waals surface area contributed by atoms with Crippen LogP contribution in [0.3, 0.4) is 0 Å². The number of fused-ring (bicyclic) bond motifs is 1. The second-order valence-corrected chi connectivity index (χ2v) is 6.51. The molecule has 0 unspecified atom stereocenters. The van der Waals surface area contributed by atoms with Crippen LogP contribution in [-0.4, -0.2) is 19.2 Å². The topological polar surface area (TPSA) is 35.5 Å². The molecule has 3 heteroatoms. The van der Waals surface area contributed by atoms with Gasteiger partial charge in [0, 0.05) is 12.8 Å². The van der Waals surface area contributed by atoms with Gasteiger partial charge in [-0.25, -0.2) is 0 Å². The van der Waals surface area contributed by atoms with Gasteiger partial charge in [-0.05, 0) is 47.9 Å². The van der Waals surface area contributed by atoms with Crippen LogP contribution in [0.25, 0.3) is 0 Å². The minimum atomic E-state index is -0.188. The molecular weight excluding hydrogens is 264 g/mol. The number of hydrogen-bond donors (Lipinski definition) is 0. The quantitative estimate of drug-likeness (QED) is 0.783. The average Bonchev–Trinajstić information content (AvgIpc) is 2.36. The molecule has 2 rings (SSSR count). The molecule has 0 spiro atoms. The van der Waals surface area contributed by atoms with Crippen molar-refractivity contribution >= 4 is 5.97 Å². The van der Waals surface area contributed by atoms with Crippen LogP contribution in [0, 0.1) is 12.8 Å². The highest BCUT2D eigenvalue weighted by Gasteiger charge is 2.37. The van der Waals surface area contributed by atoms with Crippen LogP contribution >= 0.6 is 0 Å². The van der Waals surface area contributed by atoms with Crippen molar-refractivity contribution < 1.29 is 14.3 Å². The summed E-state index contributed by atoms with van der Waals surface area (Å²) in [7, 11) is 1.71. The van der Waals surface area contributed by atoms with E-state index < -0.39 is 0 Å². The van der Waals surface area contributed by atoms with Crippen LogP contribution in [0.5, 0.6) is 5.75 Å². The number of benzene rings is 1. The van der Waals surface area contributed by atoms with Crippen LogP contribution in [0.2, 0.25) is 0 Å². The zero-order valence-corrected chi connectivity index (χ0v) is 13.9. The highest BCUT2D eigenvalue weighted by atomic mass is 16.5.